The molecule has 0 aromatic heterocycles. The van der Waals surface area contributed by atoms with Crippen LogP contribution < -0.4 is 4.74 Å². The first kappa shape index (κ1) is 15.1. The van der Waals surface area contributed by atoms with E-state index in [0.29, 0.717) is 22.4 Å². The van der Waals surface area contributed by atoms with Crippen molar-refractivity contribution in [1.82, 2.24) is 0 Å². The summed E-state index contributed by atoms with van der Waals surface area (Å²) >= 11 is 17.5. The van der Waals surface area contributed by atoms with Gasteiger partial charge < -0.3 is 4.74 Å². The maximum Gasteiger partial charge on any atom is 0.135 e. The molecule has 0 N–H and O–H groups in total. The molecule has 0 atom stereocenters. The lowest BCUT2D eigenvalue weighted by molar-refractivity contribution is 0.305. The molecule has 0 unspecified atom stereocenters. The second-order valence-corrected chi connectivity index (χ2v) is 5.07. The Kier molecular flexibility index (Phi) is 5.61. The number of para-hydroxylation sites is 1. The van der Waals surface area contributed by atoms with Gasteiger partial charge in [-0.25, -0.2) is 0 Å². The van der Waals surface area contributed by atoms with Gasteiger partial charge in [-0.1, -0.05) is 53.2 Å². The molecule has 2 aromatic carbocycles. The van der Waals surface area contributed by atoms with Crippen LogP contribution in [0.4, 0.5) is 0 Å². The molecule has 0 radical (unpaired) electrons. The van der Waals surface area contributed by atoms with E-state index in [1.165, 1.54) is 0 Å². The van der Waals surface area contributed by atoms with E-state index in [1.54, 1.807) is 12.1 Å². The number of ether oxygens (including phenoxy) is 1. The van der Waals surface area contributed by atoms with Gasteiger partial charge in [-0.2, -0.15) is 0 Å². The summed E-state index contributed by atoms with van der Waals surface area (Å²) < 4.78 is 5.77. The Balaban J connectivity index is 2.14. The first-order chi connectivity index (χ1) is 9.70. The van der Waals surface area contributed by atoms with Crippen LogP contribution in [0, 0.1) is 11.8 Å². The van der Waals surface area contributed by atoms with Gasteiger partial charge in [0.2, 0.25) is 0 Å². The highest BCUT2D eigenvalue weighted by Crippen LogP contribution is 2.24. The fourth-order valence-corrected chi connectivity index (χ4v) is 2.15. The fraction of sp³-hybridized carbons (Fsp3) is 0.125. The van der Waals surface area contributed by atoms with Gasteiger partial charge in [0.05, 0.1) is 11.4 Å². The number of halogens is 3. The summed E-state index contributed by atoms with van der Waals surface area (Å²) in [7, 11) is 0. The largest absolute Gasteiger partial charge is 0.488 e. The van der Waals surface area contributed by atoms with E-state index in [1.807, 2.05) is 30.3 Å². The molecule has 2 aromatic rings. The topological polar surface area (TPSA) is 9.23 Å². The smallest absolute Gasteiger partial charge is 0.135 e. The van der Waals surface area contributed by atoms with Crippen molar-refractivity contribution in [2.45, 2.75) is 6.61 Å². The lowest BCUT2D eigenvalue weighted by Crippen LogP contribution is -1.98. The standard InChI is InChI=1S/C16H11Cl3O/c17-9-3-5-12-4-1-2-6-16(12)20-11-13-7-8-14(18)10-15(13)19/h1-2,4,6-8,10H,9,11H2. The van der Waals surface area contributed by atoms with Crippen LogP contribution in [0.2, 0.25) is 10.0 Å². The third kappa shape index (κ3) is 4.08. The van der Waals surface area contributed by atoms with E-state index in [4.69, 9.17) is 39.5 Å². The molecule has 20 heavy (non-hydrogen) atoms. The molecular formula is C16H11Cl3O. The van der Waals surface area contributed by atoms with Crippen molar-refractivity contribution in [3.05, 3.63) is 63.6 Å². The Labute approximate surface area is 133 Å². The Morgan fingerprint density at radius 1 is 1.05 bits per heavy atom. The third-order valence-electron chi connectivity index (χ3n) is 2.58. The monoisotopic (exact) mass is 324 g/mol. The molecule has 0 heterocycles. The van der Waals surface area contributed by atoms with Gasteiger partial charge in [0.25, 0.3) is 0 Å². The van der Waals surface area contributed by atoms with Crippen LogP contribution in [0.5, 0.6) is 5.75 Å². The number of rotatable bonds is 3. The number of alkyl halides is 1. The van der Waals surface area contributed by atoms with Gasteiger partial charge in [-0.3, -0.25) is 0 Å². The number of benzene rings is 2. The van der Waals surface area contributed by atoms with Gasteiger partial charge in [-0.05, 0) is 24.3 Å². The third-order valence-corrected chi connectivity index (χ3v) is 3.30. The van der Waals surface area contributed by atoms with Crippen molar-refractivity contribution in [3.63, 3.8) is 0 Å². The second kappa shape index (κ2) is 7.45. The molecule has 1 nitrogen and oxygen atoms in total. The zero-order chi connectivity index (χ0) is 14.4. The van der Waals surface area contributed by atoms with Crippen molar-refractivity contribution >= 4 is 34.8 Å². The average molecular weight is 326 g/mol. The van der Waals surface area contributed by atoms with E-state index < -0.39 is 0 Å². The first-order valence-corrected chi connectivity index (χ1v) is 7.20. The van der Waals surface area contributed by atoms with Crippen molar-refractivity contribution in [3.8, 4) is 17.6 Å². The lowest BCUT2D eigenvalue weighted by atomic mass is 10.2. The molecule has 0 saturated heterocycles. The molecule has 0 amide bonds. The molecule has 2 rings (SSSR count). The van der Waals surface area contributed by atoms with Crippen LogP contribution in [-0.2, 0) is 6.61 Å². The van der Waals surface area contributed by atoms with Crippen LogP contribution in [0.3, 0.4) is 0 Å². The van der Waals surface area contributed by atoms with E-state index >= 15 is 0 Å². The van der Waals surface area contributed by atoms with E-state index in [9.17, 15) is 0 Å². The molecule has 4 heteroatoms. The lowest BCUT2D eigenvalue weighted by Gasteiger charge is -2.09. The molecule has 0 aliphatic rings. The van der Waals surface area contributed by atoms with Gasteiger partial charge in [0.15, 0.2) is 0 Å². The van der Waals surface area contributed by atoms with Crippen LogP contribution >= 0.6 is 34.8 Å². The summed E-state index contributed by atoms with van der Waals surface area (Å²) in [6.07, 6.45) is 0. The summed E-state index contributed by atoms with van der Waals surface area (Å²) in [6.45, 7) is 0.357. The maximum absolute atomic E-state index is 6.11. The molecule has 0 aliphatic heterocycles. The minimum absolute atomic E-state index is 0.289. The fourth-order valence-electron chi connectivity index (χ4n) is 1.62. The van der Waals surface area contributed by atoms with Crippen LogP contribution in [-0.4, -0.2) is 5.88 Å². The normalized spacial score (nSPS) is 9.75. The summed E-state index contributed by atoms with van der Waals surface area (Å²) in [6, 6.07) is 12.9. The zero-order valence-electron chi connectivity index (χ0n) is 10.5. The van der Waals surface area contributed by atoms with Crippen molar-refractivity contribution in [1.29, 1.82) is 0 Å². The Hall–Kier alpha value is -1.33. The number of hydrogen-bond acceptors (Lipinski definition) is 1. The molecule has 0 fully saturated rings. The van der Waals surface area contributed by atoms with Crippen LogP contribution in [0.15, 0.2) is 42.5 Å². The highest BCUT2D eigenvalue weighted by atomic mass is 35.5. The molecule has 0 bridgehead atoms. The predicted octanol–water partition coefficient (Wildman–Crippen LogP) is 5.16. The van der Waals surface area contributed by atoms with Gasteiger partial charge in [0.1, 0.15) is 12.4 Å². The van der Waals surface area contributed by atoms with Crippen molar-refractivity contribution in [2.75, 3.05) is 5.88 Å². The van der Waals surface area contributed by atoms with Crippen molar-refractivity contribution in [2.24, 2.45) is 0 Å². The van der Waals surface area contributed by atoms with Gasteiger partial charge >= 0.3 is 0 Å². The Bertz CT molecular complexity index is 656. The average Bonchev–Trinajstić information content (AvgIpc) is 2.45. The van der Waals surface area contributed by atoms with E-state index in [-0.39, 0.29) is 5.88 Å². The second-order valence-electron chi connectivity index (χ2n) is 3.96. The van der Waals surface area contributed by atoms with E-state index in [0.717, 1.165) is 11.1 Å². The minimum atomic E-state index is 0.289. The summed E-state index contributed by atoms with van der Waals surface area (Å²) in [5.41, 5.74) is 1.68. The summed E-state index contributed by atoms with van der Waals surface area (Å²) in [4.78, 5) is 0. The Morgan fingerprint density at radius 2 is 1.85 bits per heavy atom. The summed E-state index contributed by atoms with van der Waals surface area (Å²) in [5.74, 6) is 6.77. The molecule has 0 saturated carbocycles. The molecule has 102 valence electrons. The van der Waals surface area contributed by atoms with Crippen LogP contribution in [0.25, 0.3) is 0 Å². The highest BCUT2D eigenvalue weighted by molar-refractivity contribution is 6.35. The quantitative estimate of drug-likeness (QED) is 0.559. The number of hydrogen-bond donors (Lipinski definition) is 0. The highest BCUT2D eigenvalue weighted by Gasteiger charge is 2.04. The molecule has 0 aliphatic carbocycles. The molecular weight excluding hydrogens is 315 g/mol. The van der Waals surface area contributed by atoms with Gasteiger partial charge in [-0.15, -0.1) is 11.6 Å². The predicted molar refractivity (Wildman–Crippen MR) is 84.8 cm³/mol. The SMILES string of the molecule is ClCC#Cc1ccccc1OCc1ccc(Cl)cc1Cl. The Morgan fingerprint density at radius 3 is 2.60 bits per heavy atom. The minimum Gasteiger partial charge on any atom is -0.488 e. The van der Waals surface area contributed by atoms with Crippen LogP contribution in [0.1, 0.15) is 11.1 Å². The molecule has 0 spiro atoms. The maximum atomic E-state index is 6.11. The first-order valence-electron chi connectivity index (χ1n) is 5.91. The zero-order valence-corrected chi connectivity index (χ0v) is 12.8. The summed E-state index contributed by atoms with van der Waals surface area (Å²) in [5, 5.41) is 1.19. The van der Waals surface area contributed by atoms with Gasteiger partial charge in [0, 0.05) is 15.6 Å². The van der Waals surface area contributed by atoms with Crippen molar-refractivity contribution < 1.29 is 4.74 Å². The van der Waals surface area contributed by atoms with E-state index in [2.05, 4.69) is 11.8 Å².